The van der Waals surface area contributed by atoms with Crippen LogP contribution in [0.1, 0.15) is 23.6 Å². The molecule has 4 N–H and O–H groups in total. The second-order valence-corrected chi connectivity index (χ2v) is 6.53. The Morgan fingerprint density at radius 3 is 2.62 bits per heavy atom. The van der Waals surface area contributed by atoms with E-state index in [4.69, 9.17) is 11.0 Å². The number of nitrogens with two attached hydrogens (primary N) is 1. The number of hydrogen-bond donors (Lipinski definition) is 2. The Morgan fingerprint density at radius 1 is 1.29 bits per heavy atom. The van der Waals surface area contributed by atoms with Crippen LogP contribution in [0.25, 0.3) is 0 Å². The minimum atomic E-state index is -0.457. The van der Waals surface area contributed by atoms with E-state index in [1.165, 1.54) is 17.8 Å². The van der Waals surface area contributed by atoms with Crippen LogP contribution < -0.4 is 16.0 Å². The number of nitriles is 2. The van der Waals surface area contributed by atoms with Crippen LogP contribution in [0.5, 0.6) is 0 Å². The van der Waals surface area contributed by atoms with Crippen molar-refractivity contribution in [2.24, 2.45) is 0 Å². The largest absolute Gasteiger partial charge is 0.325 e. The Morgan fingerprint density at radius 2 is 2.00 bits per heavy atom. The maximum absolute atomic E-state index is 12.3. The summed E-state index contributed by atoms with van der Waals surface area (Å²) in [5.74, 6) is -0.0175. The topological polar surface area (TPSA) is 117 Å². The van der Waals surface area contributed by atoms with Gasteiger partial charge in [0.25, 0.3) is 5.82 Å². The van der Waals surface area contributed by atoms with Gasteiger partial charge < -0.3 is 5.32 Å². The molecule has 1 heterocycles. The summed E-state index contributed by atoms with van der Waals surface area (Å²) in [6, 6.07) is 12.8. The molecule has 6 nitrogen and oxygen atoms in total. The van der Waals surface area contributed by atoms with Crippen molar-refractivity contribution in [2.75, 3.05) is 11.1 Å². The second-order valence-electron chi connectivity index (χ2n) is 5.18. The molecule has 0 saturated carbocycles. The van der Waals surface area contributed by atoms with E-state index in [1.54, 1.807) is 6.92 Å². The van der Waals surface area contributed by atoms with Crippen LogP contribution in [0, 0.1) is 29.6 Å². The number of hydrogen-bond acceptors (Lipinski definition) is 5. The van der Waals surface area contributed by atoms with Gasteiger partial charge >= 0.3 is 0 Å². The number of amides is 1. The zero-order valence-corrected chi connectivity index (χ0v) is 14.1. The van der Waals surface area contributed by atoms with Gasteiger partial charge in [0.1, 0.15) is 23.3 Å². The molecule has 1 atom stereocenters. The fourth-order valence-electron chi connectivity index (χ4n) is 2.01. The molecule has 2 aromatic rings. The minimum absolute atomic E-state index is 0.172. The molecule has 7 heteroatoms. The van der Waals surface area contributed by atoms with Crippen LogP contribution in [0.4, 0.5) is 11.5 Å². The minimum Gasteiger partial charge on any atom is -0.325 e. The lowest BCUT2D eigenvalue weighted by Gasteiger charge is -2.12. The molecule has 0 aliphatic heterocycles. The van der Waals surface area contributed by atoms with E-state index < -0.39 is 5.25 Å². The molecule has 1 aromatic carbocycles. The molecule has 0 fully saturated rings. The summed E-state index contributed by atoms with van der Waals surface area (Å²) in [4.78, 5) is 15.1. The Bertz CT molecular complexity index is 866. The van der Waals surface area contributed by atoms with E-state index in [-0.39, 0.29) is 22.9 Å². The van der Waals surface area contributed by atoms with Crippen molar-refractivity contribution in [3.8, 4) is 12.1 Å². The number of rotatable bonds is 4. The molecule has 0 aliphatic rings. The van der Waals surface area contributed by atoms with Gasteiger partial charge in [-0.2, -0.15) is 10.5 Å². The summed E-state index contributed by atoms with van der Waals surface area (Å²) in [6.07, 6.45) is 0. The second kappa shape index (κ2) is 7.49. The van der Waals surface area contributed by atoms with E-state index in [0.29, 0.717) is 5.03 Å². The lowest BCUT2D eigenvalue weighted by atomic mass is 10.2. The Labute approximate surface area is 144 Å². The number of nitrogen functional groups attached to an aromatic ring is 1. The number of nitrogens with one attached hydrogen (secondary N) is 2. The van der Waals surface area contributed by atoms with E-state index in [0.717, 1.165) is 11.3 Å². The zero-order chi connectivity index (χ0) is 17.7. The number of nitrogens with zero attached hydrogens (tertiary/aromatic N) is 2. The van der Waals surface area contributed by atoms with Crippen LogP contribution >= 0.6 is 11.8 Å². The standard InChI is InChI=1S/C17H15N5OS/c1-10-4-3-5-14(6-10)21-16(23)11(2)24-17-13(9-19)7-12(8-18)15(20)22-17/h3-7,11H,1-2H3,(H2,20,22)(H,21,23)/p+1/t11-/m1/s1. The third-order valence-electron chi connectivity index (χ3n) is 3.26. The van der Waals surface area contributed by atoms with Crippen LogP contribution in [0.15, 0.2) is 35.4 Å². The maximum Gasteiger partial charge on any atom is 0.289 e. The Hall–Kier alpha value is -3.03. The highest BCUT2D eigenvalue weighted by Gasteiger charge is 2.21. The molecule has 2 rings (SSSR count). The van der Waals surface area contributed by atoms with Gasteiger partial charge in [0.15, 0.2) is 5.03 Å². The maximum atomic E-state index is 12.3. The number of pyridine rings is 1. The molecule has 0 saturated heterocycles. The van der Waals surface area contributed by atoms with Gasteiger partial charge in [0.2, 0.25) is 5.91 Å². The summed E-state index contributed by atoms with van der Waals surface area (Å²) >= 11 is 1.18. The molecule has 0 radical (unpaired) electrons. The Kier molecular flexibility index (Phi) is 5.41. The average molecular weight is 338 g/mol. The van der Waals surface area contributed by atoms with Gasteiger partial charge in [-0.05, 0) is 37.6 Å². The highest BCUT2D eigenvalue weighted by Crippen LogP contribution is 2.25. The number of benzene rings is 1. The van der Waals surface area contributed by atoms with Crippen LogP contribution in [-0.4, -0.2) is 11.2 Å². The predicted molar refractivity (Wildman–Crippen MR) is 92.0 cm³/mol. The van der Waals surface area contributed by atoms with E-state index in [2.05, 4.69) is 10.3 Å². The quantitative estimate of drug-likeness (QED) is 0.829. The van der Waals surface area contributed by atoms with Crippen molar-refractivity contribution >= 4 is 29.2 Å². The lowest BCUT2D eigenvalue weighted by Crippen LogP contribution is -2.25. The summed E-state index contributed by atoms with van der Waals surface area (Å²) in [5.41, 5.74) is 7.99. The SMILES string of the molecule is Cc1cccc(NC(=O)[C@@H](C)Sc2[nH+]c(N)c(C#N)cc2C#N)c1. The molecule has 0 unspecified atom stereocenters. The van der Waals surface area contributed by atoms with Crippen molar-refractivity contribution in [3.05, 3.63) is 47.0 Å². The molecule has 24 heavy (non-hydrogen) atoms. The number of carbonyl (C=O) groups is 1. The molecular weight excluding hydrogens is 322 g/mol. The first-order valence-corrected chi connectivity index (χ1v) is 8.02. The number of thioether (sulfide) groups is 1. The molecule has 0 bridgehead atoms. The van der Waals surface area contributed by atoms with Gasteiger partial charge in [0, 0.05) is 5.69 Å². The fraction of sp³-hybridized carbons (Fsp3) is 0.176. The van der Waals surface area contributed by atoms with E-state index in [9.17, 15) is 10.1 Å². The summed E-state index contributed by atoms with van der Waals surface area (Å²) in [5, 5.41) is 21.0. The molecular formula is C17H16N5OS+. The molecule has 0 aliphatic carbocycles. The van der Waals surface area contributed by atoms with Gasteiger partial charge in [-0.1, -0.05) is 23.9 Å². The number of aromatic nitrogens is 1. The van der Waals surface area contributed by atoms with Gasteiger partial charge in [-0.15, -0.1) is 0 Å². The number of anilines is 2. The lowest BCUT2D eigenvalue weighted by molar-refractivity contribution is -0.410. The van der Waals surface area contributed by atoms with Crippen molar-refractivity contribution in [1.29, 1.82) is 10.5 Å². The average Bonchev–Trinajstić information content (AvgIpc) is 2.55. The summed E-state index contributed by atoms with van der Waals surface area (Å²) in [7, 11) is 0. The van der Waals surface area contributed by atoms with Crippen LogP contribution in [0.2, 0.25) is 0 Å². The molecule has 1 amide bonds. The van der Waals surface area contributed by atoms with Crippen molar-refractivity contribution in [1.82, 2.24) is 0 Å². The van der Waals surface area contributed by atoms with Crippen molar-refractivity contribution in [2.45, 2.75) is 24.1 Å². The Balaban J connectivity index is 2.16. The van der Waals surface area contributed by atoms with Crippen molar-refractivity contribution < 1.29 is 9.78 Å². The van der Waals surface area contributed by atoms with Crippen molar-refractivity contribution in [3.63, 3.8) is 0 Å². The van der Waals surface area contributed by atoms with Crippen LogP contribution in [-0.2, 0) is 4.79 Å². The third kappa shape index (κ3) is 4.03. The van der Waals surface area contributed by atoms with Gasteiger partial charge in [-0.3, -0.25) is 10.5 Å². The van der Waals surface area contributed by atoms with Gasteiger partial charge in [0.05, 0.1) is 5.25 Å². The number of aryl methyl sites for hydroxylation is 1. The molecule has 1 aromatic heterocycles. The summed E-state index contributed by atoms with van der Waals surface area (Å²) in [6.45, 7) is 3.68. The number of H-pyrrole nitrogens is 1. The van der Waals surface area contributed by atoms with E-state index in [1.807, 2.05) is 43.3 Å². The monoisotopic (exact) mass is 338 g/mol. The highest BCUT2D eigenvalue weighted by molar-refractivity contribution is 8.00. The predicted octanol–water partition coefficient (Wildman–Crippen LogP) is 2.25. The third-order valence-corrected chi connectivity index (χ3v) is 4.39. The first-order chi connectivity index (χ1) is 11.4. The number of carbonyl (C=O) groups excluding carboxylic acids is 1. The highest BCUT2D eigenvalue weighted by atomic mass is 32.2. The number of aromatic amines is 1. The zero-order valence-electron chi connectivity index (χ0n) is 13.3. The molecule has 120 valence electrons. The van der Waals surface area contributed by atoms with E-state index >= 15 is 0 Å². The van der Waals surface area contributed by atoms with Gasteiger partial charge in [-0.25, -0.2) is 4.98 Å². The molecule has 0 spiro atoms. The van der Waals surface area contributed by atoms with Crippen LogP contribution in [0.3, 0.4) is 0 Å². The summed E-state index contributed by atoms with van der Waals surface area (Å²) < 4.78 is 0. The first kappa shape index (κ1) is 17.3. The normalized spacial score (nSPS) is 11.2. The fourth-order valence-corrected chi connectivity index (χ4v) is 2.93. The smallest absolute Gasteiger partial charge is 0.289 e. The first-order valence-electron chi connectivity index (χ1n) is 7.14.